The summed E-state index contributed by atoms with van der Waals surface area (Å²) in [6.45, 7) is 2.83. The molecular formula is C16H20N4O5. The van der Waals surface area contributed by atoms with Crippen LogP contribution in [0.2, 0.25) is 0 Å². The quantitative estimate of drug-likeness (QED) is 0.438. The number of nitrogens with zero attached hydrogens (tertiary/aromatic N) is 2. The third-order valence-electron chi connectivity index (χ3n) is 3.66. The molecule has 0 bridgehead atoms. The summed E-state index contributed by atoms with van der Waals surface area (Å²) in [6, 6.07) is 5.16. The van der Waals surface area contributed by atoms with Gasteiger partial charge in [0.05, 0.1) is 17.4 Å². The van der Waals surface area contributed by atoms with Gasteiger partial charge in [0.15, 0.2) is 0 Å². The van der Waals surface area contributed by atoms with Gasteiger partial charge in [-0.05, 0) is 31.9 Å². The number of amides is 2. The third kappa shape index (κ3) is 5.96. The summed E-state index contributed by atoms with van der Waals surface area (Å²) < 4.78 is 5.42. The van der Waals surface area contributed by atoms with Crippen LogP contribution in [0.25, 0.3) is 0 Å². The molecule has 1 atom stereocenters. The summed E-state index contributed by atoms with van der Waals surface area (Å²) in [5.74, 6) is -0.699. The number of nitrogens with one attached hydrogen (secondary N) is 2. The molecule has 0 aliphatic carbocycles. The van der Waals surface area contributed by atoms with Crippen LogP contribution in [0.5, 0.6) is 0 Å². The first-order valence-corrected chi connectivity index (χ1v) is 7.92. The lowest BCUT2D eigenvalue weighted by Gasteiger charge is -2.10. The Morgan fingerprint density at radius 2 is 2.08 bits per heavy atom. The van der Waals surface area contributed by atoms with Gasteiger partial charge >= 0.3 is 0 Å². The molecule has 2 N–H and O–H groups in total. The fourth-order valence-electron chi connectivity index (χ4n) is 2.31. The van der Waals surface area contributed by atoms with Crippen molar-refractivity contribution < 1.29 is 19.2 Å². The minimum Gasteiger partial charge on any atom is -0.376 e. The summed E-state index contributed by atoms with van der Waals surface area (Å²) in [4.78, 5) is 33.7. The number of carbonyl (C=O) groups excluding carboxylic acids is 2. The van der Waals surface area contributed by atoms with Gasteiger partial charge < -0.3 is 10.1 Å². The van der Waals surface area contributed by atoms with Crippen molar-refractivity contribution in [2.75, 3.05) is 13.2 Å². The third-order valence-corrected chi connectivity index (χ3v) is 3.66. The summed E-state index contributed by atoms with van der Waals surface area (Å²) in [5.41, 5.74) is 2.91. The summed E-state index contributed by atoms with van der Waals surface area (Å²) in [5, 5.41) is 17.2. The normalized spacial score (nSPS) is 17.2. The van der Waals surface area contributed by atoms with E-state index in [-0.39, 0.29) is 29.7 Å². The van der Waals surface area contributed by atoms with E-state index in [0.29, 0.717) is 12.3 Å². The van der Waals surface area contributed by atoms with Crippen LogP contribution in [0.3, 0.4) is 0 Å². The number of carbonyl (C=O) groups is 2. The van der Waals surface area contributed by atoms with Gasteiger partial charge in [-0.3, -0.25) is 19.7 Å². The predicted octanol–water partition coefficient (Wildman–Crippen LogP) is 1.39. The first kappa shape index (κ1) is 18.5. The second-order valence-electron chi connectivity index (χ2n) is 5.71. The molecule has 2 amide bonds. The smallest absolute Gasteiger partial charge is 0.271 e. The van der Waals surface area contributed by atoms with Gasteiger partial charge in [0, 0.05) is 36.6 Å². The van der Waals surface area contributed by atoms with E-state index in [4.69, 9.17) is 4.74 Å². The van der Waals surface area contributed by atoms with E-state index in [1.807, 2.05) is 0 Å². The van der Waals surface area contributed by atoms with Crippen molar-refractivity contribution in [1.29, 1.82) is 0 Å². The number of ether oxygens (including phenoxy) is 1. The van der Waals surface area contributed by atoms with E-state index in [0.717, 1.165) is 19.4 Å². The van der Waals surface area contributed by atoms with Crippen LogP contribution in [0.15, 0.2) is 29.4 Å². The second-order valence-corrected chi connectivity index (χ2v) is 5.71. The van der Waals surface area contributed by atoms with Crippen molar-refractivity contribution in [2.24, 2.45) is 5.10 Å². The standard InChI is InChI=1S/C16H20N4O5/c1-11(9-15(21)17-10-14-3-2-8-25-14)18-19-16(22)12-4-6-13(7-5-12)20(23)24/h4-7,14H,2-3,8-10H2,1H3,(H,17,21)(H,19,22). The van der Waals surface area contributed by atoms with E-state index >= 15 is 0 Å². The number of nitro benzene ring substituents is 1. The number of nitro groups is 1. The van der Waals surface area contributed by atoms with Gasteiger partial charge in [0.1, 0.15) is 0 Å². The zero-order valence-electron chi connectivity index (χ0n) is 13.9. The number of rotatable bonds is 7. The Kier molecular flexibility index (Phi) is 6.58. The van der Waals surface area contributed by atoms with Crippen molar-refractivity contribution in [3.05, 3.63) is 39.9 Å². The molecule has 1 saturated heterocycles. The highest BCUT2D eigenvalue weighted by Gasteiger charge is 2.16. The Labute approximate surface area is 144 Å². The molecule has 1 aliphatic rings. The highest BCUT2D eigenvalue weighted by molar-refractivity contribution is 6.01. The van der Waals surface area contributed by atoms with Crippen LogP contribution in [0.1, 0.15) is 36.5 Å². The first-order valence-electron chi connectivity index (χ1n) is 7.92. The average Bonchev–Trinajstić information content (AvgIpc) is 3.11. The zero-order valence-corrected chi connectivity index (χ0v) is 13.9. The van der Waals surface area contributed by atoms with Crippen molar-refractivity contribution in [1.82, 2.24) is 10.7 Å². The number of hydrogen-bond donors (Lipinski definition) is 2. The maximum atomic E-state index is 11.9. The highest BCUT2D eigenvalue weighted by Crippen LogP contribution is 2.12. The molecule has 134 valence electrons. The minimum atomic E-state index is -0.542. The largest absolute Gasteiger partial charge is 0.376 e. The number of non-ortho nitro benzene ring substituents is 1. The molecule has 1 unspecified atom stereocenters. The Morgan fingerprint density at radius 3 is 2.68 bits per heavy atom. The maximum absolute atomic E-state index is 11.9. The van der Waals surface area contributed by atoms with Crippen LogP contribution in [0.4, 0.5) is 5.69 Å². The molecule has 1 heterocycles. The predicted molar refractivity (Wildman–Crippen MR) is 90.3 cm³/mol. The van der Waals surface area contributed by atoms with Crippen molar-refractivity contribution in [2.45, 2.75) is 32.3 Å². The number of benzene rings is 1. The molecule has 0 spiro atoms. The number of hydrazone groups is 1. The molecule has 1 aromatic rings. The molecule has 2 rings (SSSR count). The lowest BCUT2D eigenvalue weighted by Crippen LogP contribution is -2.33. The van der Waals surface area contributed by atoms with E-state index in [9.17, 15) is 19.7 Å². The molecule has 0 radical (unpaired) electrons. The Balaban J connectivity index is 1.77. The van der Waals surface area contributed by atoms with Gasteiger partial charge in [-0.2, -0.15) is 5.10 Å². The Morgan fingerprint density at radius 1 is 1.36 bits per heavy atom. The fraction of sp³-hybridized carbons (Fsp3) is 0.438. The molecule has 1 fully saturated rings. The van der Waals surface area contributed by atoms with Crippen LogP contribution in [0, 0.1) is 10.1 Å². The molecule has 1 aliphatic heterocycles. The Hall–Kier alpha value is -2.81. The summed E-state index contributed by atoms with van der Waals surface area (Å²) in [7, 11) is 0. The molecule has 0 aromatic heterocycles. The molecule has 25 heavy (non-hydrogen) atoms. The molecule has 1 aromatic carbocycles. The van der Waals surface area contributed by atoms with E-state index in [1.165, 1.54) is 24.3 Å². The average molecular weight is 348 g/mol. The Bertz CT molecular complexity index is 666. The monoisotopic (exact) mass is 348 g/mol. The van der Waals surface area contributed by atoms with Crippen LogP contribution in [-0.2, 0) is 9.53 Å². The molecule has 9 heteroatoms. The highest BCUT2D eigenvalue weighted by atomic mass is 16.6. The van der Waals surface area contributed by atoms with Crippen molar-refractivity contribution in [3.8, 4) is 0 Å². The minimum absolute atomic E-state index is 0.0628. The fourth-order valence-corrected chi connectivity index (χ4v) is 2.31. The van der Waals surface area contributed by atoms with E-state index < -0.39 is 10.8 Å². The van der Waals surface area contributed by atoms with Crippen LogP contribution >= 0.6 is 0 Å². The van der Waals surface area contributed by atoms with Gasteiger partial charge in [0.2, 0.25) is 5.91 Å². The van der Waals surface area contributed by atoms with Gasteiger partial charge in [0.25, 0.3) is 11.6 Å². The van der Waals surface area contributed by atoms with Gasteiger partial charge in [-0.25, -0.2) is 5.43 Å². The van der Waals surface area contributed by atoms with Gasteiger partial charge in [-0.15, -0.1) is 0 Å². The lowest BCUT2D eigenvalue weighted by molar-refractivity contribution is -0.384. The van der Waals surface area contributed by atoms with E-state index in [1.54, 1.807) is 6.92 Å². The molecule has 0 saturated carbocycles. The molecule has 9 nitrogen and oxygen atoms in total. The summed E-state index contributed by atoms with van der Waals surface area (Å²) >= 11 is 0. The first-order chi connectivity index (χ1) is 12.0. The maximum Gasteiger partial charge on any atom is 0.271 e. The van der Waals surface area contributed by atoms with Crippen molar-refractivity contribution in [3.63, 3.8) is 0 Å². The van der Waals surface area contributed by atoms with Crippen LogP contribution in [-0.4, -0.2) is 41.7 Å². The SMILES string of the molecule is CC(CC(=O)NCC1CCCO1)=NNC(=O)c1ccc([N+](=O)[O-])cc1. The molecular weight excluding hydrogens is 328 g/mol. The second kappa shape index (κ2) is 8.88. The number of hydrogen-bond acceptors (Lipinski definition) is 6. The van der Waals surface area contributed by atoms with Crippen molar-refractivity contribution >= 4 is 23.2 Å². The lowest BCUT2D eigenvalue weighted by atomic mass is 10.2. The van der Waals surface area contributed by atoms with Gasteiger partial charge in [-0.1, -0.05) is 0 Å². The topological polar surface area (TPSA) is 123 Å². The van der Waals surface area contributed by atoms with E-state index in [2.05, 4.69) is 15.8 Å². The summed E-state index contributed by atoms with van der Waals surface area (Å²) in [6.07, 6.45) is 2.09. The van der Waals surface area contributed by atoms with Crippen LogP contribution < -0.4 is 10.7 Å². The zero-order chi connectivity index (χ0) is 18.2.